The molecular weight excluding hydrogens is 306 g/mol. The first kappa shape index (κ1) is 10.6. The molecule has 0 aliphatic carbocycles. The third-order valence-corrected chi connectivity index (χ3v) is 3.03. The van der Waals surface area contributed by atoms with Gasteiger partial charge in [-0.3, -0.25) is 4.57 Å². The molecule has 5 nitrogen and oxygen atoms in total. The quantitative estimate of drug-likeness (QED) is 0.648. The number of hydrogen-bond acceptors (Lipinski definition) is 4. The van der Waals surface area contributed by atoms with Gasteiger partial charge in [0, 0.05) is 12.4 Å². The van der Waals surface area contributed by atoms with Gasteiger partial charge < -0.3 is 0 Å². The van der Waals surface area contributed by atoms with Gasteiger partial charge in [-0.25, -0.2) is 15.0 Å². The summed E-state index contributed by atoms with van der Waals surface area (Å²) in [5.41, 5.74) is 1.71. The molecule has 3 aromatic rings. The van der Waals surface area contributed by atoms with Crippen LogP contribution in [0.5, 0.6) is 0 Å². The van der Waals surface area contributed by atoms with E-state index in [-0.39, 0.29) is 5.28 Å². The zero-order valence-electron chi connectivity index (χ0n) is 8.38. The summed E-state index contributed by atoms with van der Waals surface area (Å²) >= 11 is 9.19. The van der Waals surface area contributed by atoms with Gasteiger partial charge in [-0.2, -0.15) is 4.98 Å². The van der Waals surface area contributed by atoms with Crippen LogP contribution >= 0.6 is 27.5 Å². The highest BCUT2D eigenvalue weighted by Crippen LogP contribution is 2.23. The van der Waals surface area contributed by atoms with Gasteiger partial charge in [0.2, 0.25) is 5.28 Å². The number of halogens is 2. The maximum atomic E-state index is 5.80. The Morgan fingerprint density at radius 1 is 1.24 bits per heavy atom. The van der Waals surface area contributed by atoms with E-state index >= 15 is 0 Å². The van der Waals surface area contributed by atoms with Crippen LogP contribution in [0.2, 0.25) is 5.28 Å². The molecule has 3 rings (SSSR count). The van der Waals surface area contributed by atoms with Crippen molar-refractivity contribution >= 4 is 38.6 Å². The maximum absolute atomic E-state index is 5.80. The van der Waals surface area contributed by atoms with E-state index in [4.69, 9.17) is 11.6 Å². The van der Waals surface area contributed by atoms with E-state index in [0.717, 1.165) is 15.5 Å². The van der Waals surface area contributed by atoms with Gasteiger partial charge in [0.25, 0.3) is 0 Å². The molecule has 0 bridgehead atoms. The molecule has 0 unspecified atom stereocenters. The van der Waals surface area contributed by atoms with Gasteiger partial charge in [0.1, 0.15) is 6.33 Å². The lowest BCUT2D eigenvalue weighted by Crippen LogP contribution is -1.99. The maximum Gasteiger partial charge on any atom is 0.224 e. The van der Waals surface area contributed by atoms with Crippen LogP contribution in [-0.2, 0) is 0 Å². The predicted octanol–water partition coefficient (Wildman–Crippen LogP) is 2.63. The van der Waals surface area contributed by atoms with E-state index in [0.29, 0.717) is 5.82 Å². The molecule has 0 radical (unpaired) electrons. The largest absolute Gasteiger partial charge is 0.297 e. The van der Waals surface area contributed by atoms with Crippen molar-refractivity contribution < 1.29 is 0 Å². The van der Waals surface area contributed by atoms with E-state index in [1.54, 1.807) is 12.4 Å². The number of rotatable bonds is 1. The smallest absolute Gasteiger partial charge is 0.224 e. The van der Waals surface area contributed by atoms with E-state index < -0.39 is 0 Å². The average Bonchev–Trinajstić information content (AvgIpc) is 2.76. The Bertz CT molecular complexity index is 696. The van der Waals surface area contributed by atoms with Crippen LogP contribution in [0.4, 0.5) is 0 Å². The summed E-state index contributed by atoms with van der Waals surface area (Å²) in [6.45, 7) is 0. The van der Waals surface area contributed by atoms with Gasteiger partial charge in [-0.05, 0) is 33.6 Å². The first-order valence-corrected chi connectivity index (χ1v) is 5.88. The van der Waals surface area contributed by atoms with Crippen LogP contribution in [0, 0.1) is 0 Å². The lowest BCUT2D eigenvalue weighted by atomic mass is 10.4. The van der Waals surface area contributed by atoms with Crippen molar-refractivity contribution in [1.29, 1.82) is 0 Å². The Kier molecular flexibility index (Phi) is 2.53. The molecule has 17 heavy (non-hydrogen) atoms. The average molecular weight is 311 g/mol. The zero-order chi connectivity index (χ0) is 11.8. The molecule has 0 saturated carbocycles. The third-order valence-electron chi connectivity index (χ3n) is 2.29. The van der Waals surface area contributed by atoms with Crippen LogP contribution in [0.25, 0.3) is 16.9 Å². The van der Waals surface area contributed by atoms with E-state index in [1.165, 1.54) is 6.33 Å². The Labute approximate surface area is 110 Å². The molecule has 7 heteroatoms. The molecule has 0 atom stereocenters. The summed E-state index contributed by atoms with van der Waals surface area (Å²) in [5.74, 6) is 0.662. The summed E-state index contributed by atoms with van der Waals surface area (Å²) in [6.07, 6.45) is 6.71. The number of nitrogens with zero attached hydrogens (tertiary/aromatic N) is 5. The van der Waals surface area contributed by atoms with Crippen molar-refractivity contribution in [3.8, 4) is 5.82 Å². The summed E-state index contributed by atoms with van der Waals surface area (Å²) in [7, 11) is 0. The molecule has 84 valence electrons. The summed E-state index contributed by atoms with van der Waals surface area (Å²) in [5, 5.41) is 0.196. The number of hydrogen-bond donors (Lipinski definition) is 0. The minimum Gasteiger partial charge on any atom is -0.297 e. The van der Waals surface area contributed by atoms with Crippen LogP contribution in [0.3, 0.4) is 0 Å². The van der Waals surface area contributed by atoms with Gasteiger partial charge in [0.05, 0.1) is 21.7 Å². The van der Waals surface area contributed by atoms with E-state index in [2.05, 4.69) is 35.9 Å². The molecule has 0 N–H and O–H groups in total. The highest BCUT2D eigenvalue weighted by Gasteiger charge is 2.09. The van der Waals surface area contributed by atoms with Crippen molar-refractivity contribution in [3.63, 3.8) is 0 Å². The lowest BCUT2D eigenvalue weighted by Gasteiger charge is -2.05. The van der Waals surface area contributed by atoms with Crippen molar-refractivity contribution in [3.05, 3.63) is 40.7 Å². The molecule has 3 aromatic heterocycles. The van der Waals surface area contributed by atoms with Gasteiger partial charge in [0.15, 0.2) is 5.82 Å². The molecular formula is C10H5BrClN5. The predicted molar refractivity (Wildman–Crippen MR) is 67.2 cm³/mol. The SMILES string of the molecule is Clc1ncc(Br)c(-n2ccc3ncncc32)n1. The standard InChI is InChI=1S/C10H5BrClN5/c11-6-3-14-10(12)16-9(6)17-2-1-7-8(17)4-13-5-15-7/h1-5H. The molecule has 0 aromatic carbocycles. The minimum atomic E-state index is 0.196. The highest BCUT2D eigenvalue weighted by atomic mass is 79.9. The van der Waals surface area contributed by atoms with Gasteiger partial charge in [-0.15, -0.1) is 0 Å². The first-order valence-electron chi connectivity index (χ1n) is 4.71. The second kappa shape index (κ2) is 4.05. The molecule has 0 saturated heterocycles. The second-order valence-electron chi connectivity index (χ2n) is 3.29. The summed E-state index contributed by atoms with van der Waals surface area (Å²) in [6, 6.07) is 1.89. The van der Waals surface area contributed by atoms with Gasteiger partial charge in [-0.1, -0.05) is 0 Å². The Morgan fingerprint density at radius 3 is 3.00 bits per heavy atom. The summed E-state index contributed by atoms with van der Waals surface area (Å²) in [4.78, 5) is 16.2. The highest BCUT2D eigenvalue weighted by molar-refractivity contribution is 9.10. The van der Waals surface area contributed by atoms with Crippen molar-refractivity contribution in [2.75, 3.05) is 0 Å². The third kappa shape index (κ3) is 1.79. The fraction of sp³-hybridized carbons (Fsp3) is 0. The Hall–Kier alpha value is -1.53. The fourth-order valence-electron chi connectivity index (χ4n) is 1.56. The number of fused-ring (bicyclic) bond motifs is 1. The van der Waals surface area contributed by atoms with E-state index in [9.17, 15) is 0 Å². The molecule has 0 spiro atoms. The molecule has 0 aliphatic heterocycles. The summed E-state index contributed by atoms with van der Waals surface area (Å²) < 4.78 is 2.61. The Balaban J connectivity index is 2.31. The fourth-order valence-corrected chi connectivity index (χ4v) is 2.07. The van der Waals surface area contributed by atoms with Crippen LogP contribution in [0.15, 0.2) is 35.5 Å². The monoisotopic (exact) mass is 309 g/mol. The zero-order valence-corrected chi connectivity index (χ0v) is 10.7. The topological polar surface area (TPSA) is 56.5 Å². The van der Waals surface area contributed by atoms with Crippen LogP contribution in [0.1, 0.15) is 0 Å². The van der Waals surface area contributed by atoms with Crippen molar-refractivity contribution in [2.24, 2.45) is 0 Å². The first-order chi connectivity index (χ1) is 8.25. The molecule has 0 amide bonds. The number of aromatic nitrogens is 5. The molecule has 3 heterocycles. The van der Waals surface area contributed by atoms with Crippen LogP contribution < -0.4 is 0 Å². The normalized spacial score (nSPS) is 10.9. The van der Waals surface area contributed by atoms with Crippen molar-refractivity contribution in [1.82, 2.24) is 24.5 Å². The molecule has 0 fully saturated rings. The molecule has 0 aliphatic rings. The lowest BCUT2D eigenvalue weighted by molar-refractivity contribution is 0.993. The Morgan fingerprint density at radius 2 is 2.12 bits per heavy atom. The second-order valence-corrected chi connectivity index (χ2v) is 4.48. The van der Waals surface area contributed by atoms with E-state index in [1.807, 2.05) is 16.8 Å². The minimum absolute atomic E-state index is 0.196. The van der Waals surface area contributed by atoms with Crippen molar-refractivity contribution in [2.45, 2.75) is 0 Å². The van der Waals surface area contributed by atoms with Crippen LogP contribution in [-0.4, -0.2) is 24.5 Å². The van der Waals surface area contributed by atoms with Gasteiger partial charge >= 0.3 is 0 Å².